The number of para-hydroxylation sites is 2. The summed E-state index contributed by atoms with van der Waals surface area (Å²) in [6.07, 6.45) is 0. The van der Waals surface area contributed by atoms with Crippen molar-refractivity contribution in [1.29, 1.82) is 0 Å². The van der Waals surface area contributed by atoms with E-state index >= 15 is 0 Å². The van der Waals surface area contributed by atoms with Gasteiger partial charge in [-0.15, -0.1) is 0 Å². The summed E-state index contributed by atoms with van der Waals surface area (Å²) in [7, 11) is 0. The zero-order chi connectivity index (χ0) is 43.7. The van der Waals surface area contributed by atoms with Crippen LogP contribution >= 0.6 is 0 Å². The first-order valence-electron chi connectivity index (χ1n) is 22.3. The molecule has 0 fully saturated rings. The molecule has 0 atom stereocenters. The van der Waals surface area contributed by atoms with Crippen LogP contribution in [0.15, 0.2) is 201 Å². The van der Waals surface area contributed by atoms with Crippen molar-refractivity contribution in [3.8, 4) is 67.5 Å². The molecule has 0 aliphatic heterocycles. The molecule has 9 aromatic carbocycles. The Hall–Kier alpha value is -8.61. The van der Waals surface area contributed by atoms with Crippen LogP contribution in [0.25, 0.3) is 133 Å². The number of fused-ring (bicyclic) bond motifs is 12. The Labute approximate surface area is 378 Å². The van der Waals surface area contributed by atoms with Gasteiger partial charge in [0.2, 0.25) is 0 Å². The summed E-state index contributed by atoms with van der Waals surface area (Å²) in [5.74, 6) is 1.61. The molecule has 0 bridgehead atoms. The van der Waals surface area contributed by atoms with Crippen LogP contribution in [0.2, 0.25) is 0 Å². The molecule has 0 saturated carbocycles. The maximum atomic E-state index is 6.61. The standard InChI is InChI=1S/C60H37N3O3/c1-60(2)46-21-6-3-15-38(46)44-32-36(27-29-47(44)60)34-13-9-14-35(31-34)37-28-30-50-45(33-37)56-43(20-12-26-53(56)66-50)59-62-57(41-18-10-24-51-54(41)39-16-4-7-22-48(39)64-51)61-58(63-59)42-19-11-25-52-55(42)40-17-5-8-23-49(40)65-52/h3-33H,1-2H3. The molecule has 0 unspecified atom stereocenters. The van der Waals surface area contributed by atoms with Crippen LogP contribution in [0.3, 0.4) is 0 Å². The molecule has 0 spiro atoms. The number of benzene rings is 9. The molecule has 14 rings (SSSR count). The topological polar surface area (TPSA) is 78.1 Å². The highest BCUT2D eigenvalue weighted by atomic mass is 16.3. The molecule has 0 N–H and O–H groups in total. The molecule has 0 radical (unpaired) electrons. The molecule has 6 nitrogen and oxygen atoms in total. The van der Waals surface area contributed by atoms with Crippen molar-refractivity contribution in [3.63, 3.8) is 0 Å². The summed E-state index contributed by atoms with van der Waals surface area (Å²) < 4.78 is 19.3. The van der Waals surface area contributed by atoms with Crippen molar-refractivity contribution in [1.82, 2.24) is 15.0 Å². The van der Waals surface area contributed by atoms with E-state index in [0.717, 1.165) is 93.6 Å². The van der Waals surface area contributed by atoms with Gasteiger partial charge in [-0.25, -0.2) is 15.0 Å². The normalized spacial score (nSPS) is 13.1. The lowest BCUT2D eigenvalue weighted by atomic mass is 9.82. The van der Waals surface area contributed by atoms with E-state index in [0.29, 0.717) is 17.5 Å². The van der Waals surface area contributed by atoms with Crippen LogP contribution in [0.1, 0.15) is 25.0 Å². The van der Waals surface area contributed by atoms with Crippen LogP contribution in [0, 0.1) is 0 Å². The molecular formula is C60H37N3O3. The fourth-order valence-corrected chi connectivity index (χ4v) is 10.6. The molecule has 66 heavy (non-hydrogen) atoms. The van der Waals surface area contributed by atoms with Crippen molar-refractivity contribution < 1.29 is 13.3 Å². The van der Waals surface area contributed by atoms with Crippen molar-refractivity contribution in [3.05, 3.63) is 199 Å². The van der Waals surface area contributed by atoms with Crippen LogP contribution in [-0.2, 0) is 5.41 Å². The first-order chi connectivity index (χ1) is 32.4. The van der Waals surface area contributed by atoms with Gasteiger partial charge in [-0.05, 0) is 99.1 Å². The molecule has 1 aliphatic rings. The number of hydrogen-bond donors (Lipinski definition) is 0. The monoisotopic (exact) mass is 847 g/mol. The average molecular weight is 848 g/mol. The lowest BCUT2D eigenvalue weighted by Gasteiger charge is -2.21. The van der Waals surface area contributed by atoms with Gasteiger partial charge < -0.3 is 13.3 Å². The van der Waals surface area contributed by atoms with E-state index in [2.05, 4.69) is 129 Å². The third-order valence-corrected chi connectivity index (χ3v) is 13.8. The van der Waals surface area contributed by atoms with Gasteiger partial charge in [0, 0.05) is 54.4 Å². The largest absolute Gasteiger partial charge is 0.456 e. The maximum absolute atomic E-state index is 6.61. The second-order valence-electron chi connectivity index (χ2n) is 17.9. The lowest BCUT2D eigenvalue weighted by Crippen LogP contribution is -2.14. The minimum absolute atomic E-state index is 0.0378. The fourth-order valence-electron chi connectivity index (χ4n) is 10.6. The van der Waals surface area contributed by atoms with Gasteiger partial charge in [-0.1, -0.05) is 147 Å². The highest BCUT2D eigenvalue weighted by Crippen LogP contribution is 2.50. The van der Waals surface area contributed by atoms with E-state index < -0.39 is 0 Å². The molecule has 13 aromatic rings. The number of hydrogen-bond acceptors (Lipinski definition) is 6. The van der Waals surface area contributed by atoms with E-state index in [1.165, 1.54) is 33.4 Å². The van der Waals surface area contributed by atoms with Crippen molar-refractivity contribution >= 4 is 65.8 Å². The first kappa shape index (κ1) is 36.8. The second-order valence-corrected chi connectivity index (χ2v) is 17.9. The van der Waals surface area contributed by atoms with Crippen molar-refractivity contribution in [2.24, 2.45) is 0 Å². The highest BCUT2D eigenvalue weighted by Gasteiger charge is 2.35. The Balaban J connectivity index is 0.954. The van der Waals surface area contributed by atoms with Crippen LogP contribution in [-0.4, -0.2) is 15.0 Å². The van der Waals surface area contributed by atoms with Crippen molar-refractivity contribution in [2.75, 3.05) is 0 Å². The predicted molar refractivity (Wildman–Crippen MR) is 266 cm³/mol. The van der Waals surface area contributed by atoms with E-state index in [-0.39, 0.29) is 5.41 Å². The molecule has 0 saturated heterocycles. The quantitative estimate of drug-likeness (QED) is 0.172. The van der Waals surface area contributed by atoms with Crippen molar-refractivity contribution in [2.45, 2.75) is 19.3 Å². The average Bonchev–Trinajstić information content (AvgIpc) is 4.11. The van der Waals surface area contributed by atoms with Gasteiger partial charge in [-0.3, -0.25) is 0 Å². The van der Waals surface area contributed by atoms with Gasteiger partial charge in [0.1, 0.15) is 33.5 Å². The third-order valence-electron chi connectivity index (χ3n) is 13.8. The Bertz CT molecular complexity index is 4040. The summed E-state index contributed by atoms with van der Waals surface area (Å²) >= 11 is 0. The molecule has 6 heteroatoms. The van der Waals surface area contributed by atoms with Gasteiger partial charge in [0.25, 0.3) is 0 Å². The van der Waals surface area contributed by atoms with E-state index in [1.807, 2.05) is 72.8 Å². The molecular weight excluding hydrogens is 811 g/mol. The maximum Gasteiger partial charge on any atom is 0.164 e. The zero-order valence-corrected chi connectivity index (χ0v) is 36.0. The van der Waals surface area contributed by atoms with E-state index in [1.54, 1.807) is 0 Å². The Kier molecular flexibility index (Phi) is 7.64. The van der Waals surface area contributed by atoms with Crippen LogP contribution in [0.5, 0.6) is 0 Å². The minimum Gasteiger partial charge on any atom is -0.456 e. The SMILES string of the molecule is CC1(C)c2ccccc2-c2cc(-c3cccc(-c4ccc5oc6cccc(-c7nc(-c8cccc9oc%10ccccc%10c89)nc(-c8cccc9oc%10ccccc%10c89)n7)c6c5c4)c3)ccc21. The Morgan fingerprint density at radius 1 is 0.303 bits per heavy atom. The smallest absolute Gasteiger partial charge is 0.164 e. The summed E-state index contributed by atoms with van der Waals surface area (Å²) in [6.45, 7) is 4.65. The number of aromatic nitrogens is 3. The summed E-state index contributed by atoms with van der Waals surface area (Å²) in [5.41, 5.74) is 17.2. The zero-order valence-electron chi connectivity index (χ0n) is 36.0. The number of furan rings is 3. The lowest BCUT2D eigenvalue weighted by molar-refractivity contribution is 0.660. The molecule has 4 heterocycles. The predicted octanol–water partition coefficient (Wildman–Crippen LogP) is 16.2. The third kappa shape index (κ3) is 5.39. The fraction of sp³-hybridized carbons (Fsp3) is 0.0500. The van der Waals surface area contributed by atoms with Crippen LogP contribution in [0.4, 0.5) is 0 Å². The van der Waals surface area contributed by atoms with Gasteiger partial charge in [0.05, 0.1) is 0 Å². The molecule has 1 aliphatic carbocycles. The first-order valence-corrected chi connectivity index (χ1v) is 22.3. The van der Waals surface area contributed by atoms with E-state index in [4.69, 9.17) is 28.2 Å². The van der Waals surface area contributed by atoms with Gasteiger partial charge >= 0.3 is 0 Å². The second kappa shape index (κ2) is 13.7. The Morgan fingerprint density at radius 3 is 1.30 bits per heavy atom. The Morgan fingerprint density at radius 2 is 0.712 bits per heavy atom. The highest BCUT2D eigenvalue weighted by molar-refractivity contribution is 6.15. The minimum atomic E-state index is -0.0378. The molecule has 310 valence electrons. The summed E-state index contributed by atoms with van der Waals surface area (Å²) in [6, 6.07) is 65.5. The van der Waals surface area contributed by atoms with Gasteiger partial charge in [0.15, 0.2) is 17.5 Å². The number of rotatable bonds is 5. The van der Waals surface area contributed by atoms with Gasteiger partial charge in [-0.2, -0.15) is 0 Å². The molecule has 0 amide bonds. The van der Waals surface area contributed by atoms with Crippen LogP contribution < -0.4 is 0 Å². The molecule has 4 aromatic heterocycles. The number of nitrogens with zero attached hydrogens (tertiary/aromatic N) is 3. The summed E-state index contributed by atoms with van der Waals surface area (Å²) in [4.78, 5) is 16.0. The van der Waals surface area contributed by atoms with E-state index in [9.17, 15) is 0 Å². The summed E-state index contributed by atoms with van der Waals surface area (Å²) in [5, 5.41) is 5.83.